The lowest BCUT2D eigenvalue weighted by molar-refractivity contribution is -0.372. The Kier molecular flexibility index (Phi) is 8.37. The zero-order valence-electron chi connectivity index (χ0n) is 24.5. The molecule has 12 atom stereocenters. The van der Waals surface area contributed by atoms with E-state index in [4.69, 9.17) is 52.1 Å². The van der Waals surface area contributed by atoms with E-state index in [1.807, 2.05) is 24.3 Å². The van der Waals surface area contributed by atoms with Gasteiger partial charge in [-0.2, -0.15) is 0 Å². The summed E-state index contributed by atoms with van der Waals surface area (Å²) in [6.07, 6.45) is -6.93. The summed E-state index contributed by atoms with van der Waals surface area (Å²) in [5.41, 5.74) is 0.787. The van der Waals surface area contributed by atoms with Crippen LogP contribution in [0.15, 0.2) is 24.3 Å². The van der Waals surface area contributed by atoms with Gasteiger partial charge in [-0.25, -0.2) is 0 Å². The first-order valence-corrected chi connectivity index (χ1v) is 14.3. The molecule has 236 valence electrons. The maximum absolute atomic E-state index is 12.1. The van der Waals surface area contributed by atoms with Crippen LogP contribution in [-0.2, 0) is 61.8 Å². The molecule has 1 aliphatic carbocycles. The fourth-order valence-electron chi connectivity index (χ4n) is 6.43. The third kappa shape index (κ3) is 6.10. The highest BCUT2D eigenvalue weighted by atomic mass is 16.9. The number of esters is 3. The quantitative estimate of drug-likeness (QED) is 0.310. The number of methoxy groups -OCH3 is 1. The van der Waals surface area contributed by atoms with E-state index >= 15 is 0 Å². The molecule has 4 aliphatic heterocycles. The SMILES string of the molecule is COc1ccc([C@H]2O[C@@H]3[C@H](O2)[C@@H]2OC[C@@H](O2)[C@H]3OC2(C)O[C@@H]3[C@@H](OC(C)=O)[C@@H](OC(C)=O)[C@@H](COC(C)=O)C[C@@H]3O2)cc1. The minimum absolute atomic E-state index is 0.0753. The van der Waals surface area contributed by atoms with Crippen LogP contribution < -0.4 is 4.74 Å². The summed E-state index contributed by atoms with van der Waals surface area (Å²) < 4.78 is 65.3. The second kappa shape index (κ2) is 11.9. The Labute approximate surface area is 248 Å². The molecule has 5 fully saturated rings. The van der Waals surface area contributed by atoms with E-state index in [1.165, 1.54) is 20.8 Å². The standard InChI is InChI=1S/C29H36O14/c1-13(30)34-11-17-10-19-22(24(37-15(3)32)21(17)36-14(2)31)42-29(4,41-19)43-23-20-12-35-28(38-20)26-25(23)39-27(40-26)16-6-8-18(33-5)9-7-16/h6-9,17,19-28H,10-12H2,1-5H3/t17-,19+,20-,21+,22+,23-,24+,25+,26+,27+,28-,29?/m1/s1. The molecule has 0 aromatic heterocycles. The second-order valence-corrected chi connectivity index (χ2v) is 11.3. The highest BCUT2D eigenvalue weighted by molar-refractivity contribution is 5.67. The van der Waals surface area contributed by atoms with Crippen molar-refractivity contribution in [3.8, 4) is 5.75 Å². The smallest absolute Gasteiger partial charge is 0.303 e. The van der Waals surface area contributed by atoms with Gasteiger partial charge in [-0.3, -0.25) is 14.4 Å². The van der Waals surface area contributed by atoms with Crippen molar-refractivity contribution < 1.29 is 66.5 Å². The van der Waals surface area contributed by atoms with E-state index in [0.717, 1.165) is 5.56 Å². The molecule has 6 rings (SSSR count). The number of ether oxygens (including phenoxy) is 11. The molecule has 0 amide bonds. The van der Waals surface area contributed by atoms with E-state index in [9.17, 15) is 14.4 Å². The Hall–Kier alpha value is -2.85. The zero-order chi connectivity index (χ0) is 30.5. The Balaban J connectivity index is 1.22. The van der Waals surface area contributed by atoms with Crippen LogP contribution >= 0.6 is 0 Å². The molecule has 2 bridgehead atoms. The predicted molar refractivity (Wildman–Crippen MR) is 139 cm³/mol. The molecule has 1 saturated carbocycles. The number of carbonyl (C=O) groups excluding carboxylic acids is 3. The topological polar surface area (TPSA) is 153 Å². The minimum Gasteiger partial charge on any atom is -0.497 e. The van der Waals surface area contributed by atoms with Crippen molar-refractivity contribution >= 4 is 17.9 Å². The molecule has 4 saturated heterocycles. The molecular formula is C29H36O14. The van der Waals surface area contributed by atoms with Crippen molar-refractivity contribution in [2.75, 3.05) is 20.3 Å². The number of hydrogen-bond donors (Lipinski definition) is 0. The molecule has 14 heteroatoms. The first-order valence-electron chi connectivity index (χ1n) is 14.3. The van der Waals surface area contributed by atoms with E-state index in [-0.39, 0.29) is 19.6 Å². The molecule has 4 heterocycles. The molecule has 43 heavy (non-hydrogen) atoms. The number of carbonyl (C=O) groups is 3. The van der Waals surface area contributed by atoms with Crippen LogP contribution in [0.3, 0.4) is 0 Å². The largest absolute Gasteiger partial charge is 0.497 e. The van der Waals surface area contributed by atoms with Gasteiger partial charge in [-0.05, 0) is 18.6 Å². The number of hydrogen-bond acceptors (Lipinski definition) is 14. The summed E-state index contributed by atoms with van der Waals surface area (Å²) in [5.74, 6) is -3.16. The monoisotopic (exact) mass is 608 g/mol. The lowest BCUT2D eigenvalue weighted by atomic mass is 9.81. The average molecular weight is 609 g/mol. The van der Waals surface area contributed by atoms with Gasteiger partial charge in [0, 0.05) is 39.2 Å². The molecule has 0 N–H and O–H groups in total. The Morgan fingerprint density at radius 2 is 1.53 bits per heavy atom. The van der Waals surface area contributed by atoms with E-state index in [1.54, 1.807) is 14.0 Å². The summed E-state index contributed by atoms with van der Waals surface area (Å²) in [5, 5.41) is 0. The van der Waals surface area contributed by atoms with Crippen LogP contribution in [0.25, 0.3) is 0 Å². The highest BCUT2D eigenvalue weighted by Crippen LogP contribution is 2.47. The van der Waals surface area contributed by atoms with Crippen molar-refractivity contribution in [1.29, 1.82) is 0 Å². The van der Waals surface area contributed by atoms with Gasteiger partial charge in [0.1, 0.15) is 42.4 Å². The molecule has 1 aromatic carbocycles. The van der Waals surface area contributed by atoms with Gasteiger partial charge in [0.05, 0.1) is 26.4 Å². The molecule has 0 spiro atoms. The van der Waals surface area contributed by atoms with E-state index < -0.39 is 91.2 Å². The number of benzene rings is 1. The van der Waals surface area contributed by atoms with Crippen LogP contribution in [0.2, 0.25) is 0 Å². The number of fused-ring (bicyclic) bond motifs is 5. The Morgan fingerprint density at radius 1 is 0.837 bits per heavy atom. The van der Waals surface area contributed by atoms with Gasteiger partial charge in [-0.15, -0.1) is 0 Å². The van der Waals surface area contributed by atoms with Crippen molar-refractivity contribution in [3.05, 3.63) is 29.8 Å². The lowest BCUT2D eigenvalue weighted by Gasteiger charge is -2.41. The van der Waals surface area contributed by atoms with Crippen molar-refractivity contribution in [1.82, 2.24) is 0 Å². The van der Waals surface area contributed by atoms with Gasteiger partial charge in [0.2, 0.25) is 0 Å². The van der Waals surface area contributed by atoms with Gasteiger partial charge < -0.3 is 52.1 Å². The summed E-state index contributed by atoms with van der Waals surface area (Å²) in [7, 11) is 1.59. The molecule has 1 aromatic rings. The van der Waals surface area contributed by atoms with Gasteiger partial charge in [0.25, 0.3) is 5.97 Å². The maximum atomic E-state index is 12.1. The van der Waals surface area contributed by atoms with Crippen molar-refractivity contribution in [2.45, 2.75) is 102 Å². The average Bonchev–Trinajstić information content (AvgIpc) is 3.67. The van der Waals surface area contributed by atoms with E-state index in [2.05, 4.69) is 0 Å². The predicted octanol–water partition coefficient (Wildman–Crippen LogP) is 1.52. The van der Waals surface area contributed by atoms with Crippen LogP contribution in [0.5, 0.6) is 5.75 Å². The highest BCUT2D eigenvalue weighted by Gasteiger charge is 2.63. The molecule has 0 radical (unpaired) electrons. The zero-order valence-corrected chi connectivity index (χ0v) is 24.5. The Morgan fingerprint density at radius 3 is 2.21 bits per heavy atom. The fraction of sp³-hybridized carbons (Fsp3) is 0.690. The van der Waals surface area contributed by atoms with Crippen molar-refractivity contribution in [2.24, 2.45) is 5.92 Å². The molecule has 1 unspecified atom stereocenters. The van der Waals surface area contributed by atoms with Crippen LogP contribution in [0.4, 0.5) is 0 Å². The molecule has 14 nitrogen and oxygen atoms in total. The third-order valence-electron chi connectivity index (χ3n) is 8.15. The summed E-state index contributed by atoms with van der Waals surface area (Å²) in [6.45, 7) is 5.55. The lowest BCUT2D eigenvalue weighted by Crippen LogP contribution is -2.57. The van der Waals surface area contributed by atoms with Gasteiger partial charge >= 0.3 is 17.9 Å². The summed E-state index contributed by atoms with van der Waals surface area (Å²) in [4.78, 5) is 35.7. The minimum atomic E-state index is -1.64. The number of rotatable bonds is 8. The van der Waals surface area contributed by atoms with Crippen LogP contribution in [-0.4, -0.2) is 99.3 Å². The maximum Gasteiger partial charge on any atom is 0.303 e. The Bertz CT molecular complexity index is 1210. The summed E-state index contributed by atoms with van der Waals surface area (Å²) in [6, 6.07) is 7.34. The van der Waals surface area contributed by atoms with Crippen LogP contribution in [0, 0.1) is 5.92 Å². The summed E-state index contributed by atoms with van der Waals surface area (Å²) >= 11 is 0. The van der Waals surface area contributed by atoms with Gasteiger partial charge in [-0.1, -0.05) is 12.1 Å². The van der Waals surface area contributed by atoms with Crippen LogP contribution in [0.1, 0.15) is 46.0 Å². The molecular weight excluding hydrogens is 572 g/mol. The van der Waals surface area contributed by atoms with Gasteiger partial charge in [0.15, 0.2) is 18.7 Å². The molecule has 5 aliphatic rings. The normalized spacial score (nSPS) is 41.2. The fourth-order valence-corrected chi connectivity index (χ4v) is 6.43. The second-order valence-electron chi connectivity index (χ2n) is 11.3. The first-order chi connectivity index (χ1) is 20.5. The van der Waals surface area contributed by atoms with E-state index in [0.29, 0.717) is 5.75 Å². The third-order valence-corrected chi connectivity index (χ3v) is 8.15. The van der Waals surface area contributed by atoms with Crippen molar-refractivity contribution in [3.63, 3.8) is 0 Å². The first kappa shape index (κ1) is 30.2.